The van der Waals surface area contributed by atoms with E-state index < -0.39 is 0 Å². The molecule has 0 amide bonds. The summed E-state index contributed by atoms with van der Waals surface area (Å²) in [5.41, 5.74) is 1.73. The van der Waals surface area contributed by atoms with Gasteiger partial charge in [0.1, 0.15) is 6.61 Å². The first-order chi connectivity index (χ1) is 7.76. The lowest BCUT2D eigenvalue weighted by Crippen LogP contribution is -2.00. The monoisotopic (exact) mass is 220 g/mol. The Balaban J connectivity index is 2.57. The third kappa shape index (κ3) is 1.74. The molecular formula is C12H12O4. The molecule has 1 aromatic rings. The van der Waals surface area contributed by atoms with E-state index in [9.17, 15) is 4.79 Å². The molecule has 0 unspecified atom stereocenters. The van der Waals surface area contributed by atoms with Crippen LogP contribution in [-0.4, -0.2) is 20.2 Å². The van der Waals surface area contributed by atoms with Gasteiger partial charge < -0.3 is 14.2 Å². The van der Waals surface area contributed by atoms with Gasteiger partial charge in [-0.05, 0) is 12.1 Å². The predicted molar refractivity (Wildman–Crippen MR) is 58.4 cm³/mol. The molecule has 4 heteroatoms. The van der Waals surface area contributed by atoms with Crippen molar-refractivity contribution in [3.05, 3.63) is 29.3 Å². The highest BCUT2D eigenvalue weighted by Gasteiger charge is 2.16. The van der Waals surface area contributed by atoms with E-state index in [1.54, 1.807) is 26.4 Å². The minimum absolute atomic E-state index is 0.252. The maximum atomic E-state index is 11.1. The molecule has 0 spiro atoms. The number of hydrogen-bond donors (Lipinski definition) is 0. The molecule has 2 rings (SSSR count). The summed E-state index contributed by atoms with van der Waals surface area (Å²) in [5, 5.41) is 0. The Bertz CT molecular complexity index is 449. The lowest BCUT2D eigenvalue weighted by molar-refractivity contribution is -0.138. The largest absolute Gasteiger partial charge is 0.493 e. The van der Waals surface area contributed by atoms with Crippen LogP contribution in [0.2, 0.25) is 0 Å². The van der Waals surface area contributed by atoms with Crippen molar-refractivity contribution in [1.29, 1.82) is 0 Å². The first kappa shape index (κ1) is 10.5. The fraction of sp³-hybridized carbons (Fsp3) is 0.250. The molecule has 1 aliphatic heterocycles. The van der Waals surface area contributed by atoms with E-state index in [0.29, 0.717) is 11.5 Å². The number of carbonyl (C=O) groups excluding carboxylic acids is 1. The minimum atomic E-state index is -0.350. The van der Waals surface area contributed by atoms with Gasteiger partial charge in [0.05, 0.1) is 14.2 Å². The van der Waals surface area contributed by atoms with E-state index in [4.69, 9.17) is 14.2 Å². The number of rotatable bonds is 2. The lowest BCUT2D eigenvalue weighted by atomic mass is 10.1. The smallest absolute Gasteiger partial charge is 0.331 e. The summed E-state index contributed by atoms with van der Waals surface area (Å²) in [7, 11) is 3.14. The Kier molecular flexibility index (Phi) is 2.81. The summed E-state index contributed by atoms with van der Waals surface area (Å²) in [6.07, 6.45) is 3.07. The normalized spacial score (nSPS) is 13.8. The number of cyclic esters (lactones) is 1. The van der Waals surface area contributed by atoms with E-state index in [2.05, 4.69) is 0 Å². The second-order valence-electron chi connectivity index (χ2n) is 3.31. The van der Waals surface area contributed by atoms with Crippen molar-refractivity contribution in [3.8, 4) is 11.5 Å². The van der Waals surface area contributed by atoms with Gasteiger partial charge in [-0.1, -0.05) is 6.07 Å². The van der Waals surface area contributed by atoms with Crippen LogP contribution in [0, 0.1) is 0 Å². The van der Waals surface area contributed by atoms with Gasteiger partial charge in [-0.25, -0.2) is 4.79 Å². The summed E-state index contributed by atoms with van der Waals surface area (Å²) in [5.74, 6) is 0.909. The summed E-state index contributed by atoms with van der Waals surface area (Å²) in [6.45, 7) is 0.252. The van der Waals surface area contributed by atoms with Crippen LogP contribution < -0.4 is 9.47 Å². The Morgan fingerprint density at radius 1 is 1.19 bits per heavy atom. The summed E-state index contributed by atoms with van der Waals surface area (Å²) in [4.78, 5) is 11.1. The van der Waals surface area contributed by atoms with Gasteiger partial charge in [0, 0.05) is 17.2 Å². The molecule has 0 saturated heterocycles. The van der Waals surface area contributed by atoms with Gasteiger partial charge in [-0.2, -0.15) is 0 Å². The van der Waals surface area contributed by atoms with Gasteiger partial charge in [0.2, 0.25) is 0 Å². The molecule has 0 fully saturated rings. The van der Waals surface area contributed by atoms with Crippen molar-refractivity contribution in [3.63, 3.8) is 0 Å². The first-order valence-corrected chi connectivity index (χ1v) is 4.85. The van der Waals surface area contributed by atoms with Gasteiger partial charge in [-0.15, -0.1) is 0 Å². The number of benzene rings is 1. The zero-order valence-corrected chi connectivity index (χ0v) is 9.15. The maximum absolute atomic E-state index is 11.1. The highest BCUT2D eigenvalue weighted by Crippen LogP contribution is 2.35. The Morgan fingerprint density at radius 2 is 2.00 bits per heavy atom. The number of hydrogen-bond acceptors (Lipinski definition) is 4. The molecule has 1 heterocycles. The van der Waals surface area contributed by atoms with Crippen molar-refractivity contribution < 1.29 is 19.0 Å². The number of fused-ring (bicyclic) bond motifs is 1. The average molecular weight is 220 g/mol. The summed E-state index contributed by atoms with van der Waals surface area (Å²) < 4.78 is 15.4. The fourth-order valence-corrected chi connectivity index (χ4v) is 1.65. The third-order valence-corrected chi connectivity index (χ3v) is 2.43. The van der Waals surface area contributed by atoms with Crippen molar-refractivity contribution in [2.24, 2.45) is 0 Å². The topological polar surface area (TPSA) is 44.8 Å². The standard InChI is InChI=1S/C12H12O4/c1-14-10-5-3-8-7-16-11(13)6-4-9(8)12(10)15-2/h3-6H,7H2,1-2H3. The van der Waals surface area contributed by atoms with E-state index in [1.807, 2.05) is 6.07 Å². The molecule has 0 aromatic heterocycles. The van der Waals surface area contributed by atoms with Gasteiger partial charge >= 0.3 is 5.97 Å². The zero-order valence-electron chi connectivity index (χ0n) is 9.15. The highest BCUT2D eigenvalue weighted by molar-refractivity contribution is 5.89. The molecule has 0 saturated carbocycles. The summed E-state index contributed by atoms with van der Waals surface area (Å²) >= 11 is 0. The van der Waals surface area contributed by atoms with Crippen LogP contribution in [0.4, 0.5) is 0 Å². The van der Waals surface area contributed by atoms with Crippen LogP contribution in [0.5, 0.6) is 11.5 Å². The second-order valence-corrected chi connectivity index (χ2v) is 3.31. The van der Waals surface area contributed by atoms with Crippen LogP contribution in [0.15, 0.2) is 18.2 Å². The fourth-order valence-electron chi connectivity index (χ4n) is 1.65. The minimum Gasteiger partial charge on any atom is -0.493 e. The Morgan fingerprint density at radius 3 is 2.69 bits per heavy atom. The molecule has 4 nitrogen and oxygen atoms in total. The number of carbonyl (C=O) groups is 1. The predicted octanol–water partition coefficient (Wildman–Crippen LogP) is 1.77. The SMILES string of the molecule is COc1ccc2c(c1OC)C=CC(=O)OC2. The molecule has 1 aromatic carbocycles. The lowest BCUT2D eigenvalue weighted by Gasteiger charge is -2.13. The number of esters is 1. The van der Waals surface area contributed by atoms with Crippen molar-refractivity contribution in [1.82, 2.24) is 0 Å². The van der Waals surface area contributed by atoms with Gasteiger partial charge in [0.15, 0.2) is 11.5 Å². The van der Waals surface area contributed by atoms with Gasteiger partial charge in [-0.3, -0.25) is 0 Å². The van der Waals surface area contributed by atoms with Gasteiger partial charge in [0.25, 0.3) is 0 Å². The quantitative estimate of drug-likeness (QED) is 0.712. The van der Waals surface area contributed by atoms with E-state index in [0.717, 1.165) is 11.1 Å². The number of methoxy groups -OCH3 is 2. The van der Waals surface area contributed by atoms with Crippen LogP contribution in [0.1, 0.15) is 11.1 Å². The molecule has 0 atom stereocenters. The molecule has 16 heavy (non-hydrogen) atoms. The molecule has 0 radical (unpaired) electrons. The van der Waals surface area contributed by atoms with Crippen molar-refractivity contribution in [2.75, 3.05) is 14.2 Å². The highest BCUT2D eigenvalue weighted by atomic mass is 16.5. The van der Waals surface area contributed by atoms with Crippen molar-refractivity contribution in [2.45, 2.75) is 6.61 Å². The van der Waals surface area contributed by atoms with Crippen LogP contribution in [0.25, 0.3) is 6.08 Å². The number of ether oxygens (including phenoxy) is 3. The van der Waals surface area contributed by atoms with E-state index in [-0.39, 0.29) is 12.6 Å². The maximum Gasteiger partial charge on any atom is 0.331 e. The Hall–Kier alpha value is -1.97. The molecule has 1 aliphatic rings. The Labute approximate surface area is 93.4 Å². The van der Waals surface area contributed by atoms with Crippen LogP contribution in [0.3, 0.4) is 0 Å². The molecule has 0 aliphatic carbocycles. The van der Waals surface area contributed by atoms with E-state index in [1.165, 1.54) is 6.08 Å². The zero-order chi connectivity index (χ0) is 11.5. The average Bonchev–Trinajstić information content (AvgIpc) is 2.50. The van der Waals surface area contributed by atoms with Crippen LogP contribution in [-0.2, 0) is 16.1 Å². The van der Waals surface area contributed by atoms with Crippen LogP contribution >= 0.6 is 0 Å². The first-order valence-electron chi connectivity index (χ1n) is 4.85. The van der Waals surface area contributed by atoms with Crippen molar-refractivity contribution >= 4 is 12.0 Å². The second kappa shape index (κ2) is 4.26. The molecule has 0 bridgehead atoms. The van der Waals surface area contributed by atoms with E-state index >= 15 is 0 Å². The molecular weight excluding hydrogens is 208 g/mol. The molecule has 0 N–H and O–H groups in total. The molecule has 84 valence electrons. The third-order valence-electron chi connectivity index (χ3n) is 2.43. The summed E-state index contributed by atoms with van der Waals surface area (Å²) in [6, 6.07) is 3.66.